The van der Waals surface area contributed by atoms with Crippen molar-refractivity contribution in [3.05, 3.63) is 21.4 Å². The Kier molecular flexibility index (Phi) is 4.46. The van der Waals surface area contributed by atoms with E-state index in [1.807, 2.05) is 11.3 Å². The van der Waals surface area contributed by atoms with Gasteiger partial charge in [0.25, 0.3) is 0 Å². The van der Waals surface area contributed by atoms with Crippen LogP contribution in [0.15, 0.2) is 6.07 Å². The molecule has 0 unspecified atom stereocenters. The van der Waals surface area contributed by atoms with Crippen LogP contribution in [-0.2, 0) is 6.42 Å². The summed E-state index contributed by atoms with van der Waals surface area (Å²) in [6.45, 7) is 5.23. The van der Waals surface area contributed by atoms with Crippen LogP contribution in [0.5, 0.6) is 0 Å². The predicted octanol–water partition coefficient (Wildman–Crippen LogP) is 3.04. The molecule has 0 atom stereocenters. The fourth-order valence-corrected chi connectivity index (χ4v) is 2.64. The molecule has 0 spiro atoms. The number of hydrogen-bond acceptors (Lipinski definition) is 2. The van der Waals surface area contributed by atoms with Crippen LogP contribution in [0.2, 0.25) is 0 Å². The van der Waals surface area contributed by atoms with Gasteiger partial charge in [-0.05, 0) is 51.3 Å². The summed E-state index contributed by atoms with van der Waals surface area (Å²) in [6, 6.07) is 2.28. The Morgan fingerprint density at radius 2 is 2.00 bits per heavy atom. The highest BCUT2D eigenvalue weighted by atomic mass is 32.1. The monoisotopic (exact) mass is 197 g/mol. The fraction of sp³-hybridized carbons (Fsp3) is 0.636. The zero-order valence-electron chi connectivity index (χ0n) is 8.60. The van der Waals surface area contributed by atoms with E-state index in [2.05, 4.69) is 19.9 Å². The standard InChI is InChI=1S/C11H19NS/c1-9-8-10(2)13-11(9)6-4-3-5-7-12/h8H,3-7,12H2,1-2H3. The molecule has 13 heavy (non-hydrogen) atoms. The summed E-state index contributed by atoms with van der Waals surface area (Å²) in [5, 5.41) is 0. The Morgan fingerprint density at radius 1 is 1.23 bits per heavy atom. The molecule has 0 fully saturated rings. The Balaban J connectivity index is 2.32. The van der Waals surface area contributed by atoms with E-state index in [9.17, 15) is 0 Å². The van der Waals surface area contributed by atoms with Crippen molar-refractivity contribution in [1.29, 1.82) is 0 Å². The van der Waals surface area contributed by atoms with Crippen LogP contribution >= 0.6 is 11.3 Å². The first kappa shape index (κ1) is 10.7. The quantitative estimate of drug-likeness (QED) is 0.721. The van der Waals surface area contributed by atoms with Gasteiger partial charge in [-0.2, -0.15) is 0 Å². The molecule has 0 amide bonds. The minimum Gasteiger partial charge on any atom is -0.330 e. The Labute approximate surface area is 85.0 Å². The number of rotatable bonds is 5. The minimum atomic E-state index is 0.836. The second-order valence-corrected chi connectivity index (χ2v) is 4.90. The molecule has 1 rings (SSSR count). The summed E-state index contributed by atoms with van der Waals surface area (Å²) in [5.74, 6) is 0. The number of thiophene rings is 1. The lowest BCUT2D eigenvalue weighted by Crippen LogP contribution is -1.98. The Bertz CT molecular complexity index is 253. The lowest BCUT2D eigenvalue weighted by molar-refractivity contribution is 0.689. The second-order valence-electron chi connectivity index (χ2n) is 3.56. The first-order valence-corrected chi connectivity index (χ1v) is 5.81. The van der Waals surface area contributed by atoms with Gasteiger partial charge in [0, 0.05) is 9.75 Å². The first-order chi connectivity index (χ1) is 6.24. The maximum Gasteiger partial charge on any atom is 0.00772 e. The van der Waals surface area contributed by atoms with Crippen LogP contribution in [0.3, 0.4) is 0 Å². The molecule has 0 radical (unpaired) electrons. The summed E-state index contributed by atoms with van der Waals surface area (Å²) in [7, 11) is 0. The lowest BCUT2D eigenvalue weighted by atomic mass is 10.1. The molecule has 0 aliphatic heterocycles. The van der Waals surface area contributed by atoms with Crippen LogP contribution < -0.4 is 5.73 Å². The number of nitrogens with two attached hydrogens (primary N) is 1. The van der Waals surface area contributed by atoms with E-state index in [1.54, 1.807) is 4.88 Å². The fourth-order valence-electron chi connectivity index (χ4n) is 1.54. The van der Waals surface area contributed by atoms with Crippen molar-refractivity contribution in [1.82, 2.24) is 0 Å². The third-order valence-corrected chi connectivity index (χ3v) is 3.46. The van der Waals surface area contributed by atoms with E-state index in [4.69, 9.17) is 5.73 Å². The van der Waals surface area contributed by atoms with Gasteiger partial charge >= 0.3 is 0 Å². The van der Waals surface area contributed by atoms with Crippen LogP contribution in [-0.4, -0.2) is 6.54 Å². The van der Waals surface area contributed by atoms with Gasteiger partial charge in [0.05, 0.1) is 0 Å². The number of unbranched alkanes of at least 4 members (excludes halogenated alkanes) is 2. The zero-order chi connectivity index (χ0) is 9.68. The van der Waals surface area contributed by atoms with E-state index in [0.29, 0.717) is 0 Å². The third-order valence-electron chi connectivity index (χ3n) is 2.25. The van der Waals surface area contributed by atoms with Gasteiger partial charge in [0.1, 0.15) is 0 Å². The zero-order valence-corrected chi connectivity index (χ0v) is 9.41. The van der Waals surface area contributed by atoms with Gasteiger partial charge in [0.15, 0.2) is 0 Å². The summed E-state index contributed by atoms with van der Waals surface area (Å²) >= 11 is 1.94. The van der Waals surface area contributed by atoms with E-state index in [-0.39, 0.29) is 0 Å². The van der Waals surface area contributed by atoms with E-state index in [0.717, 1.165) is 6.54 Å². The largest absolute Gasteiger partial charge is 0.330 e. The van der Waals surface area contributed by atoms with Crippen molar-refractivity contribution < 1.29 is 0 Å². The van der Waals surface area contributed by atoms with Gasteiger partial charge in [-0.1, -0.05) is 6.42 Å². The number of hydrogen-bond donors (Lipinski definition) is 1. The smallest absolute Gasteiger partial charge is 0.00772 e. The topological polar surface area (TPSA) is 26.0 Å². The van der Waals surface area contributed by atoms with Gasteiger partial charge < -0.3 is 5.73 Å². The highest BCUT2D eigenvalue weighted by Crippen LogP contribution is 2.22. The first-order valence-electron chi connectivity index (χ1n) is 5.00. The molecule has 2 heteroatoms. The van der Waals surface area contributed by atoms with Gasteiger partial charge in [-0.15, -0.1) is 11.3 Å². The maximum atomic E-state index is 5.44. The molecule has 1 heterocycles. The molecule has 1 nitrogen and oxygen atoms in total. The van der Waals surface area contributed by atoms with E-state index in [1.165, 1.54) is 36.1 Å². The maximum absolute atomic E-state index is 5.44. The average Bonchev–Trinajstić information content (AvgIpc) is 2.39. The van der Waals surface area contributed by atoms with Crippen molar-refractivity contribution in [2.75, 3.05) is 6.54 Å². The second kappa shape index (κ2) is 5.40. The van der Waals surface area contributed by atoms with E-state index < -0.39 is 0 Å². The van der Waals surface area contributed by atoms with Crippen LogP contribution in [0.4, 0.5) is 0 Å². The average molecular weight is 197 g/mol. The Morgan fingerprint density at radius 3 is 2.54 bits per heavy atom. The molecular formula is C11H19NS. The van der Waals surface area contributed by atoms with Gasteiger partial charge in [-0.3, -0.25) is 0 Å². The molecule has 0 bridgehead atoms. The van der Waals surface area contributed by atoms with Crippen molar-refractivity contribution in [3.63, 3.8) is 0 Å². The molecule has 74 valence electrons. The van der Waals surface area contributed by atoms with Gasteiger partial charge in [-0.25, -0.2) is 0 Å². The highest BCUT2D eigenvalue weighted by Gasteiger charge is 2.01. The molecule has 0 saturated heterocycles. The van der Waals surface area contributed by atoms with Crippen molar-refractivity contribution in [2.24, 2.45) is 5.73 Å². The SMILES string of the molecule is Cc1cc(C)c(CCCCCN)s1. The number of aryl methyl sites for hydroxylation is 3. The molecule has 2 N–H and O–H groups in total. The van der Waals surface area contributed by atoms with Gasteiger partial charge in [0.2, 0.25) is 0 Å². The molecule has 0 saturated carbocycles. The normalized spacial score (nSPS) is 10.7. The van der Waals surface area contributed by atoms with Crippen molar-refractivity contribution in [3.8, 4) is 0 Å². The molecule has 0 aromatic carbocycles. The van der Waals surface area contributed by atoms with Crippen LogP contribution in [0, 0.1) is 13.8 Å². The molecule has 1 aromatic heterocycles. The van der Waals surface area contributed by atoms with Crippen molar-refractivity contribution >= 4 is 11.3 Å². The Hall–Kier alpha value is -0.340. The predicted molar refractivity (Wildman–Crippen MR) is 60.4 cm³/mol. The molecule has 0 aliphatic rings. The summed E-state index contributed by atoms with van der Waals surface area (Å²) in [5.41, 5.74) is 6.91. The third kappa shape index (κ3) is 3.49. The summed E-state index contributed by atoms with van der Waals surface area (Å²) < 4.78 is 0. The minimum absolute atomic E-state index is 0.836. The molecular weight excluding hydrogens is 178 g/mol. The van der Waals surface area contributed by atoms with Crippen LogP contribution in [0.1, 0.15) is 34.6 Å². The van der Waals surface area contributed by atoms with E-state index >= 15 is 0 Å². The highest BCUT2D eigenvalue weighted by molar-refractivity contribution is 7.12. The lowest BCUT2D eigenvalue weighted by Gasteiger charge is -1.98. The molecule has 1 aromatic rings. The van der Waals surface area contributed by atoms with Crippen molar-refractivity contribution in [2.45, 2.75) is 39.5 Å². The summed E-state index contributed by atoms with van der Waals surface area (Å²) in [4.78, 5) is 3.00. The summed E-state index contributed by atoms with van der Waals surface area (Å²) in [6.07, 6.45) is 4.97. The van der Waals surface area contributed by atoms with Crippen LogP contribution in [0.25, 0.3) is 0 Å². The molecule has 0 aliphatic carbocycles.